The number of fused-ring (bicyclic) bond motifs is 4. The number of carbonyl (C=O) groups excluding carboxylic acids is 5. The molecule has 6 bridgehead atoms. The lowest BCUT2D eigenvalue weighted by molar-refractivity contribution is -0.226. The molecule has 14 nitrogen and oxygen atoms in total. The number of amides is 1. The number of ether oxygens (including phenoxy) is 5. The Balaban J connectivity index is 1.49. The van der Waals surface area contributed by atoms with Gasteiger partial charge in [-0.1, -0.05) is 64.2 Å². The molecule has 5 aliphatic rings. The van der Waals surface area contributed by atoms with E-state index in [4.69, 9.17) is 23.7 Å². The summed E-state index contributed by atoms with van der Waals surface area (Å²) in [5.74, 6) is -8.45. The molecule has 0 spiro atoms. The maximum absolute atomic E-state index is 14.4. The first-order valence-corrected chi connectivity index (χ1v) is 24.0. The number of methoxy groups -OCH3 is 3. The van der Waals surface area contributed by atoms with Gasteiger partial charge in [-0.2, -0.15) is 0 Å². The van der Waals surface area contributed by atoms with E-state index in [2.05, 4.69) is 0 Å². The number of rotatable bonds is 5. The SMILES string of the molecule is CO[C@H]1C[C@@H]2CC[C@@H](C)[C@@](O)(OC2)C(=O)C(=O)N2CCCC3[C@H]2C(=O)O[C@@H](CC(=O)[C@H](C)/C=C(\C)[C@@H](O)[C@@H](OC)C(=O)[C@H](C)C[C@H](C)/C=C/C=C/C=C1C)[C@H]3C[C@@H]1CC[C@@H](O)[C@H](OC)C1. The summed E-state index contributed by atoms with van der Waals surface area (Å²) in [6.45, 7) is 11.0. The number of Topliss-reactive ketones (excluding diaryl/α,β-unsaturated/α-hetero) is 3. The predicted octanol–water partition coefficient (Wildman–Crippen LogP) is 5.65. The number of ketones is 3. The molecule has 4 aliphatic heterocycles. The van der Waals surface area contributed by atoms with Crippen LogP contribution in [0.2, 0.25) is 0 Å². The van der Waals surface area contributed by atoms with Crippen molar-refractivity contribution in [1.29, 1.82) is 0 Å². The van der Waals surface area contributed by atoms with Crippen LogP contribution >= 0.6 is 0 Å². The predicted molar refractivity (Wildman–Crippen MR) is 243 cm³/mol. The van der Waals surface area contributed by atoms with Crippen molar-refractivity contribution in [3.63, 3.8) is 0 Å². The van der Waals surface area contributed by atoms with Gasteiger partial charge in [0.25, 0.3) is 11.7 Å². The molecule has 0 aromatic rings. The molecule has 1 amide bonds. The molecule has 1 aliphatic carbocycles. The third-order valence-electron chi connectivity index (χ3n) is 15.3. The van der Waals surface area contributed by atoms with E-state index in [0.717, 1.165) is 5.57 Å². The third kappa shape index (κ3) is 12.6. The molecular weight excluding hydrogens is 835 g/mol. The molecule has 0 aromatic carbocycles. The van der Waals surface area contributed by atoms with E-state index in [0.29, 0.717) is 69.8 Å². The lowest BCUT2D eigenvalue weighted by Gasteiger charge is -2.50. The number of hydrogen-bond donors (Lipinski definition) is 3. The fourth-order valence-corrected chi connectivity index (χ4v) is 11.1. The number of esters is 1. The first kappa shape index (κ1) is 52.6. The van der Waals surface area contributed by atoms with Gasteiger partial charge in [-0.05, 0) is 113 Å². The smallest absolute Gasteiger partial charge is 0.329 e. The van der Waals surface area contributed by atoms with Gasteiger partial charge >= 0.3 is 5.97 Å². The summed E-state index contributed by atoms with van der Waals surface area (Å²) in [4.78, 5) is 72.1. The average molecular weight is 912 g/mol. The highest BCUT2D eigenvalue weighted by Crippen LogP contribution is 2.45. The van der Waals surface area contributed by atoms with E-state index < -0.39 is 77.6 Å². The molecule has 1 unspecified atom stereocenters. The molecule has 364 valence electrons. The molecule has 16 atom stereocenters. The Morgan fingerprint density at radius 3 is 2.28 bits per heavy atom. The maximum Gasteiger partial charge on any atom is 0.329 e. The minimum absolute atomic E-state index is 0.0199. The van der Waals surface area contributed by atoms with Crippen molar-refractivity contribution in [2.45, 2.75) is 161 Å². The van der Waals surface area contributed by atoms with Gasteiger partial charge in [-0.3, -0.25) is 19.2 Å². The number of nitrogens with zero attached hydrogens (tertiary/aromatic N) is 1. The molecule has 0 radical (unpaired) electrons. The second-order valence-corrected chi connectivity index (χ2v) is 20.0. The van der Waals surface area contributed by atoms with E-state index in [9.17, 15) is 39.3 Å². The number of aliphatic hydroxyl groups is 3. The quantitative estimate of drug-likeness (QED) is 0.174. The van der Waals surface area contributed by atoms with Crippen LogP contribution in [-0.4, -0.2) is 132 Å². The molecule has 3 N–H and O–H groups in total. The summed E-state index contributed by atoms with van der Waals surface area (Å²) in [5.41, 5.74) is 1.36. The van der Waals surface area contributed by atoms with Gasteiger partial charge in [0.15, 0.2) is 5.78 Å². The van der Waals surface area contributed by atoms with E-state index in [1.165, 1.54) is 12.0 Å². The molecule has 4 heterocycles. The molecular formula is C51H77NO13. The molecule has 14 heteroatoms. The Morgan fingerprint density at radius 1 is 0.846 bits per heavy atom. The summed E-state index contributed by atoms with van der Waals surface area (Å²) in [7, 11) is 4.58. The largest absolute Gasteiger partial charge is 0.460 e. The van der Waals surface area contributed by atoms with E-state index in [1.807, 2.05) is 51.2 Å². The molecule has 1 saturated carbocycles. The van der Waals surface area contributed by atoms with Crippen LogP contribution in [0.3, 0.4) is 0 Å². The summed E-state index contributed by atoms with van der Waals surface area (Å²) in [6, 6.07) is -1.12. The van der Waals surface area contributed by atoms with E-state index >= 15 is 0 Å². The molecule has 0 aromatic heterocycles. The first-order valence-electron chi connectivity index (χ1n) is 24.0. The second-order valence-electron chi connectivity index (χ2n) is 20.0. The van der Waals surface area contributed by atoms with Crippen LogP contribution in [0.15, 0.2) is 47.6 Å². The van der Waals surface area contributed by atoms with Crippen LogP contribution in [0, 0.1) is 47.3 Å². The Kier molecular flexibility index (Phi) is 19.1. The van der Waals surface area contributed by atoms with Crippen LogP contribution in [0.4, 0.5) is 0 Å². The Hall–Kier alpha value is -3.37. The summed E-state index contributed by atoms with van der Waals surface area (Å²) < 4.78 is 29.3. The van der Waals surface area contributed by atoms with Gasteiger partial charge < -0.3 is 43.9 Å². The normalized spacial score (nSPS) is 42.1. The van der Waals surface area contributed by atoms with Crippen molar-refractivity contribution in [1.82, 2.24) is 4.90 Å². The number of carbonyl (C=O) groups is 5. The van der Waals surface area contributed by atoms with Crippen molar-refractivity contribution in [3.05, 3.63) is 47.6 Å². The van der Waals surface area contributed by atoms with Crippen molar-refractivity contribution in [2.24, 2.45) is 47.3 Å². The Morgan fingerprint density at radius 2 is 1.58 bits per heavy atom. The van der Waals surface area contributed by atoms with E-state index in [1.54, 1.807) is 41.1 Å². The van der Waals surface area contributed by atoms with Gasteiger partial charge in [0.05, 0.1) is 24.9 Å². The van der Waals surface area contributed by atoms with Crippen molar-refractivity contribution < 1.29 is 63.0 Å². The van der Waals surface area contributed by atoms with E-state index in [-0.39, 0.29) is 67.0 Å². The highest BCUT2D eigenvalue weighted by atomic mass is 16.6. The number of allylic oxidation sites excluding steroid dienone is 6. The third-order valence-corrected chi connectivity index (χ3v) is 15.3. The van der Waals surface area contributed by atoms with Gasteiger partial charge in [-0.15, -0.1) is 0 Å². The van der Waals surface area contributed by atoms with Crippen LogP contribution in [0.5, 0.6) is 0 Å². The Bertz CT molecular complexity index is 1810. The zero-order valence-corrected chi connectivity index (χ0v) is 40.2. The highest BCUT2D eigenvalue weighted by Gasteiger charge is 2.56. The molecule has 65 heavy (non-hydrogen) atoms. The van der Waals surface area contributed by atoms with Gasteiger partial charge in [0.1, 0.15) is 30.1 Å². The molecule has 4 fully saturated rings. The number of hydrogen-bond acceptors (Lipinski definition) is 13. The van der Waals surface area contributed by atoms with Crippen molar-refractivity contribution in [3.8, 4) is 0 Å². The fourth-order valence-electron chi connectivity index (χ4n) is 11.1. The van der Waals surface area contributed by atoms with Crippen LogP contribution in [0.25, 0.3) is 0 Å². The Labute approximate surface area is 386 Å². The van der Waals surface area contributed by atoms with Gasteiger partial charge in [0.2, 0.25) is 5.79 Å². The zero-order chi connectivity index (χ0) is 47.7. The number of piperidine rings is 1. The lowest BCUT2D eigenvalue weighted by atomic mass is 9.68. The molecule has 5 rings (SSSR count). The summed E-state index contributed by atoms with van der Waals surface area (Å²) in [6.07, 6.45) is 12.1. The van der Waals surface area contributed by atoms with Crippen LogP contribution < -0.4 is 0 Å². The fraction of sp³-hybridized carbons (Fsp3) is 0.745. The van der Waals surface area contributed by atoms with Crippen LogP contribution in [0.1, 0.15) is 112 Å². The monoisotopic (exact) mass is 912 g/mol. The summed E-state index contributed by atoms with van der Waals surface area (Å²) in [5, 5.41) is 34.0. The van der Waals surface area contributed by atoms with Gasteiger partial charge in [0, 0.05) is 58.0 Å². The zero-order valence-electron chi connectivity index (χ0n) is 40.2. The minimum atomic E-state index is -2.41. The van der Waals surface area contributed by atoms with Crippen molar-refractivity contribution >= 4 is 29.2 Å². The lowest BCUT2D eigenvalue weighted by Crippen LogP contribution is -2.64. The maximum atomic E-state index is 14.4. The standard InChI is InChI=1S/C51H77NO13/c1-29-14-11-10-12-15-30(2)41(61-7)26-36-18-17-34(6)51(60,64-28-36)48(57)49(58)52-21-13-16-37-38(24-35-19-20-39(53)43(25-35)62-8)42(65-50(59)44(37)52)27-40(54)31(3)23-33(5)46(56)47(63-9)45(55)32(4)22-29/h10-12,14-15,23,29,31-32,34-39,41-44,46-47,53,56,60H,13,16-22,24-28H2,1-9H3/b12-10+,14-11+,30-15?,33-23+/t29-,31-,32-,34-,35+,36+,37?,38+,39-,41+,42+,43-,44+,46-,47+,51-/m1/s1. The number of aliphatic hydroxyl groups excluding tert-OH is 2. The first-order chi connectivity index (χ1) is 30.8. The van der Waals surface area contributed by atoms with Gasteiger partial charge in [-0.25, -0.2) is 4.79 Å². The summed E-state index contributed by atoms with van der Waals surface area (Å²) >= 11 is 0. The highest BCUT2D eigenvalue weighted by molar-refractivity contribution is 6.39. The topological polar surface area (TPSA) is 195 Å². The average Bonchev–Trinajstić information content (AvgIpc) is 3.43. The van der Waals surface area contributed by atoms with Crippen molar-refractivity contribution in [2.75, 3.05) is 34.5 Å². The van der Waals surface area contributed by atoms with Crippen LogP contribution in [-0.2, 0) is 47.7 Å². The molecule has 3 saturated heterocycles. The minimum Gasteiger partial charge on any atom is -0.460 e. The second kappa shape index (κ2) is 23.6.